The van der Waals surface area contributed by atoms with Crippen LogP contribution in [0.5, 0.6) is 5.75 Å². The Bertz CT molecular complexity index is 831. The van der Waals surface area contributed by atoms with Crippen LogP contribution in [0, 0.1) is 0 Å². The van der Waals surface area contributed by atoms with Gasteiger partial charge in [-0.05, 0) is 24.3 Å². The van der Waals surface area contributed by atoms with Gasteiger partial charge < -0.3 is 9.84 Å². The summed E-state index contributed by atoms with van der Waals surface area (Å²) in [6.45, 7) is 0. The third-order valence-corrected chi connectivity index (χ3v) is 3.82. The highest BCUT2D eigenvalue weighted by Crippen LogP contribution is 2.23. The lowest BCUT2D eigenvalue weighted by atomic mass is 10.1. The number of methoxy groups -OCH3 is 1. The molecule has 0 spiro atoms. The minimum Gasteiger partial charge on any atom is -0.497 e. The predicted molar refractivity (Wildman–Crippen MR) is 88.1 cm³/mol. The van der Waals surface area contributed by atoms with Crippen molar-refractivity contribution >= 4 is 33.9 Å². The predicted octanol–water partition coefficient (Wildman–Crippen LogP) is 3.45. The minimum absolute atomic E-state index is 0.0742. The van der Waals surface area contributed by atoms with Crippen molar-refractivity contribution in [1.29, 1.82) is 0 Å². The monoisotopic (exact) mass is 387 g/mol. The number of rotatable bonds is 7. The van der Waals surface area contributed by atoms with E-state index in [1.165, 1.54) is 31.4 Å². The van der Waals surface area contributed by atoms with Crippen LogP contribution in [0.1, 0.15) is 27.3 Å². The van der Waals surface area contributed by atoms with E-state index < -0.39 is 30.1 Å². The van der Waals surface area contributed by atoms with Gasteiger partial charge in [0, 0.05) is 10.9 Å². The fourth-order valence-corrected chi connectivity index (χ4v) is 2.40. The molecule has 2 rings (SSSR count). The smallest absolute Gasteiger partial charge is 0.431 e. The van der Waals surface area contributed by atoms with E-state index in [-0.39, 0.29) is 16.4 Å². The number of carboxylic acids is 1. The van der Waals surface area contributed by atoms with Gasteiger partial charge in [-0.1, -0.05) is 0 Å². The second-order valence-electron chi connectivity index (χ2n) is 4.84. The van der Waals surface area contributed by atoms with Crippen molar-refractivity contribution in [2.45, 2.75) is 12.6 Å². The third-order valence-electron chi connectivity index (χ3n) is 3.08. The van der Waals surface area contributed by atoms with Gasteiger partial charge in [-0.15, -0.1) is 11.3 Å². The number of carboxylic acid groups (broad SMARTS) is 1. The average molecular weight is 387 g/mol. The zero-order valence-electron chi connectivity index (χ0n) is 13.2. The van der Waals surface area contributed by atoms with Gasteiger partial charge in [0.2, 0.25) is 5.13 Å². The number of ketones is 1. The van der Waals surface area contributed by atoms with Crippen LogP contribution in [0.3, 0.4) is 0 Å². The molecular weight excluding hydrogens is 375 g/mol. The van der Waals surface area contributed by atoms with Gasteiger partial charge in [-0.25, -0.2) is 9.78 Å². The summed E-state index contributed by atoms with van der Waals surface area (Å²) in [5.41, 5.74) is 0.436. The molecule has 2 N–H and O–H groups in total. The number of nitrogens with one attached hydrogen (secondary N) is 1. The van der Waals surface area contributed by atoms with E-state index >= 15 is 0 Å². The van der Waals surface area contributed by atoms with Crippen molar-refractivity contribution in [1.82, 2.24) is 4.98 Å². The van der Waals surface area contributed by atoms with Gasteiger partial charge in [0.15, 0.2) is 11.5 Å². The Morgan fingerprint density at radius 1 is 1.31 bits per heavy atom. The summed E-state index contributed by atoms with van der Waals surface area (Å²) in [5.74, 6) is -1.63. The average Bonchev–Trinajstić information content (AvgIpc) is 3.06. The van der Waals surface area contributed by atoms with Gasteiger partial charge in [0.25, 0.3) is 0 Å². The Morgan fingerprint density at radius 2 is 1.96 bits per heavy atom. The molecule has 0 amide bonds. The highest BCUT2D eigenvalue weighted by atomic mass is 32.1. The van der Waals surface area contributed by atoms with Crippen molar-refractivity contribution in [3.8, 4) is 5.75 Å². The quantitative estimate of drug-likeness (QED) is 0.429. The molecule has 26 heavy (non-hydrogen) atoms. The van der Waals surface area contributed by atoms with E-state index in [0.29, 0.717) is 5.75 Å². The van der Waals surface area contributed by atoms with Crippen molar-refractivity contribution < 1.29 is 32.6 Å². The second-order valence-corrected chi connectivity index (χ2v) is 5.70. The third kappa shape index (κ3) is 5.02. The Balaban J connectivity index is 2.15. The van der Waals surface area contributed by atoms with Gasteiger partial charge in [-0.3, -0.25) is 10.2 Å². The molecule has 1 heterocycles. The van der Waals surface area contributed by atoms with E-state index in [1.807, 2.05) is 5.43 Å². The van der Waals surface area contributed by atoms with Gasteiger partial charge in [-0.2, -0.15) is 18.3 Å². The number of hydrazone groups is 1. The summed E-state index contributed by atoms with van der Waals surface area (Å²) in [4.78, 5) is 26.3. The van der Waals surface area contributed by atoms with E-state index in [9.17, 15) is 22.8 Å². The zero-order valence-corrected chi connectivity index (χ0v) is 14.0. The van der Waals surface area contributed by atoms with Gasteiger partial charge >= 0.3 is 12.1 Å². The van der Waals surface area contributed by atoms with E-state index in [4.69, 9.17) is 9.84 Å². The molecule has 2 aromatic rings. The largest absolute Gasteiger partial charge is 0.497 e. The summed E-state index contributed by atoms with van der Waals surface area (Å²) in [5, 5.41) is 12.9. The van der Waals surface area contributed by atoms with Crippen LogP contribution in [-0.2, 0) is 0 Å². The molecule has 0 saturated heterocycles. The fraction of sp³-hybridized carbons (Fsp3) is 0.200. The number of anilines is 1. The van der Waals surface area contributed by atoms with Crippen LogP contribution in [0.15, 0.2) is 34.7 Å². The lowest BCUT2D eigenvalue weighted by molar-refractivity contribution is -0.0602. The Hall–Kier alpha value is -2.95. The topological polar surface area (TPSA) is 101 Å². The van der Waals surface area contributed by atoms with Crippen LogP contribution < -0.4 is 10.2 Å². The van der Waals surface area contributed by atoms with Crippen molar-refractivity contribution in [2.75, 3.05) is 12.5 Å². The minimum atomic E-state index is -4.85. The first-order valence-corrected chi connectivity index (χ1v) is 7.84. The summed E-state index contributed by atoms with van der Waals surface area (Å²) < 4.78 is 44.2. The Kier molecular flexibility index (Phi) is 5.93. The maximum atomic E-state index is 13.1. The normalized spacial score (nSPS) is 11.9. The van der Waals surface area contributed by atoms with E-state index in [1.54, 1.807) is 0 Å². The molecule has 0 atom stereocenters. The van der Waals surface area contributed by atoms with Crippen LogP contribution in [-0.4, -0.2) is 40.8 Å². The molecule has 1 aromatic heterocycles. The van der Waals surface area contributed by atoms with Gasteiger partial charge in [0.1, 0.15) is 11.5 Å². The fourth-order valence-electron chi connectivity index (χ4n) is 1.77. The highest BCUT2D eigenvalue weighted by molar-refractivity contribution is 7.13. The maximum Gasteiger partial charge on any atom is 0.431 e. The van der Waals surface area contributed by atoms with E-state index in [2.05, 4.69) is 10.1 Å². The van der Waals surface area contributed by atoms with Crippen molar-refractivity contribution in [3.63, 3.8) is 0 Å². The molecule has 11 heteroatoms. The summed E-state index contributed by atoms with van der Waals surface area (Å²) in [7, 11) is 1.42. The number of aromatic nitrogens is 1. The molecule has 0 bridgehead atoms. The lowest BCUT2D eigenvalue weighted by Crippen LogP contribution is -2.27. The van der Waals surface area contributed by atoms with Crippen LogP contribution in [0.4, 0.5) is 18.3 Å². The molecule has 0 aliphatic rings. The molecule has 0 unspecified atom stereocenters. The number of carbonyl (C=O) groups excluding carboxylic acids is 1. The Labute approximate surface area is 149 Å². The maximum absolute atomic E-state index is 13.1. The van der Waals surface area contributed by atoms with Crippen molar-refractivity contribution in [2.24, 2.45) is 5.10 Å². The molecule has 0 aliphatic carbocycles. The number of ether oxygens (including phenoxy) is 1. The van der Waals surface area contributed by atoms with Gasteiger partial charge in [0.05, 0.1) is 13.5 Å². The zero-order chi connectivity index (χ0) is 19.3. The molecular formula is C15H12F3N3O4S. The molecule has 0 radical (unpaired) electrons. The molecule has 1 aromatic carbocycles. The summed E-state index contributed by atoms with van der Waals surface area (Å²) in [6, 6.07) is 5.61. The van der Waals surface area contributed by atoms with Crippen LogP contribution in [0.25, 0.3) is 0 Å². The van der Waals surface area contributed by atoms with Crippen molar-refractivity contribution in [3.05, 3.63) is 40.9 Å². The lowest BCUT2D eigenvalue weighted by Gasteiger charge is -2.10. The number of hydrogen-bond acceptors (Lipinski definition) is 7. The molecule has 0 saturated carbocycles. The van der Waals surface area contributed by atoms with Crippen LogP contribution >= 0.6 is 11.3 Å². The molecule has 0 aliphatic heterocycles. The number of thiazole rings is 1. The number of Topliss-reactive ketones (excluding diaryl/α,β-unsaturated/α-hetero) is 1. The highest BCUT2D eigenvalue weighted by Gasteiger charge is 2.37. The number of nitrogens with zero attached hydrogens (tertiary/aromatic N) is 2. The Morgan fingerprint density at radius 3 is 2.46 bits per heavy atom. The molecule has 7 nitrogen and oxygen atoms in total. The number of hydrogen-bond donors (Lipinski definition) is 2. The van der Waals surface area contributed by atoms with E-state index in [0.717, 1.165) is 16.7 Å². The number of aromatic carboxylic acids is 1. The van der Waals surface area contributed by atoms with Crippen LogP contribution in [0.2, 0.25) is 0 Å². The number of benzene rings is 1. The summed E-state index contributed by atoms with van der Waals surface area (Å²) in [6.07, 6.45) is -5.83. The first kappa shape index (κ1) is 19.4. The first-order chi connectivity index (χ1) is 12.2. The number of halogens is 3. The molecule has 0 fully saturated rings. The standard InChI is InChI=1S/C15H12F3N3O4S/c1-25-9-4-2-8(3-5-9)11(22)6-12(15(16,17)18)20-21-14-19-10(7-26-14)13(23)24/h2-5,7H,6H2,1H3,(H,19,21)(H,23,24)/b20-12-. The number of carbonyl (C=O) groups is 2. The summed E-state index contributed by atoms with van der Waals surface area (Å²) >= 11 is 0.774. The SMILES string of the molecule is COc1ccc(C(=O)C/C(=N/Nc2nc(C(=O)O)cs2)C(F)(F)F)cc1. The molecule has 138 valence electrons. The number of alkyl halides is 3. The second kappa shape index (κ2) is 7.95. The first-order valence-electron chi connectivity index (χ1n) is 6.96.